The number of hydrogen-bond donors (Lipinski definition) is 1. The summed E-state index contributed by atoms with van der Waals surface area (Å²) < 4.78 is 32.9. The minimum Gasteiger partial charge on any atom is -0.376 e. The van der Waals surface area contributed by atoms with Gasteiger partial charge >= 0.3 is 0 Å². The van der Waals surface area contributed by atoms with Gasteiger partial charge in [0.15, 0.2) is 0 Å². The fourth-order valence-corrected chi connectivity index (χ4v) is 5.57. The molecule has 2 fully saturated rings. The predicted octanol–water partition coefficient (Wildman–Crippen LogP) is 2.84. The molecule has 1 amide bonds. The van der Waals surface area contributed by atoms with Crippen molar-refractivity contribution < 1.29 is 17.9 Å². The first-order valence-electron chi connectivity index (χ1n) is 11.0. The Morgan fingerprint density at radius 3 is 2.47 bits per heavy atom. The van der Waals surface area contributed by atoms with Crippen molar-refractivity contribution in [2.24, 2.45) is 11.8 Å². The zero-order valence-electron chi connectivity index (χ0n) is 18.3. The number of rotatable bonds is 7. The number of ether oxygens (including phenoxy) is 1. The Labute approximate surface area is 180 Å². The summed E-state index contributed by atoms with van der Waals surface area (Å²) >= 11 is 0. The summed E-state index contributed by atoms with van der Waals surface area (Å²) in [5.41, 5.74) is 0.562. The molecule has 1 saturated heterocycles. The molecule has 168 valence electrons. The van der Waals surface area contributed by atoms with Gasteiger partial charge in [0.1, 0.15) is 0 Å². The van der Waals surface area contributed by atoms with Gasteiger partial charge in [-0.05, 0) is 62.5 Å². The third-order valence-electron chi connectivity index (χ3n) is 6.50. The number of nitrogens with zero attached hydrogens (tertiary/aromatic N) is 2. The molecule has 1 N–H and O–H groups in total. The molecule has 3 rings (SSSR count). The number of piperidine rings is 1. The summed E-state index contributed by atoms with van der Waals surface area (Å²) in [5.74, 6) is 1.35. The molecule has 30 heavy (non-hydrogen) atoms. The minimum atomic E-state index is -3.38. The Kier molecular flexibility index (Phi) is 7.87. The van der Waals surface area contributed by atoms with E-state index in [4.69, 9.17) is 4.74 Å². The Morgan fingerprint density at radius 2 is 1.87 bits per heavy atom. The third-order valence-corrected chi connectivity index (χ3v) is 7.23. The maximum absolute atomic E-state index is 13.2. The second-order valence-electron chi connectivity index (χ2n) is 9.05. The van der Waals surface area contributed by atoms with Gasteiger partial charge in [0, 0.05) is 30.5 Å². The second-order valence-corrected chi connectivity index (χ2v) is 10.8. The molecule has 2 heterocycles. The SMILES string of the molecule is CC(C)C1CCC(OC[C@H]2[C@@H](NS(C)(=O)=O)CCCN2C(=O)c2ccncc2)CC1. The van der Waals surface area contributed by atoms with Crippen molar-refractivity contribution in [1.29, 1.82) is 0 Å². The number of hydrogen-bond acceptors (Lipinski definition) is 5. The van der Waals surface area contributed by atoms with E-state index in [-0.39, 0.29) is 24.1 Å². The molecular formula is C22H35N3O4S. The zero-order chi connectivity index (χ0) is 21.7. The van der Waals surface area contributed by atoms with E-state index >= 15 is 0 Å². The molecule has 1 aromatic rings. The lowest BCUT2D eigenvalue weighted by molar-refractivity contribution is -0.0282. The summed E-state index contributed by atoms with van der Waals surface area (Å²) in [6.07, 6.45) is 10.4. The van der Waals surface area contributed by atoms with E-state index < -0.39 is 10.0 Å². The summed E-state index contributed by atoms with van der Waals surface area (Å²) in [6, 6.07) is 2.73. The summed E-state index contributed by atoms with van der Waals surface area (Å²) in [7, 11) is -3.38. The predicted molar refractivity (Wildman–Crippen MR) is 117 cm³/mol. The van der Waals surface area contributed by atoms with Crippen LogP contribution in [-0.4, -0.2) is 61.8 Å². The summed E-state index contributed by atoms with van der Waals surface area (Å²) in [5, 5.41) is 0. The number of pyridine rings is 1. The average molecular weight is 438 g/mol. The van der Waals surface area contributed by atoms with Gasteiger partial charge in [0.2, 0.25) is 10.0 Å². The van der Waals surface area contributed by atoms with Gasteiger partial charge in [-0.3, -0.25) is 9.78 Å². The number of carbonyl (C=O) groups is 1. The van der Waals surface area contributed by atoms with E-state index in [9.17, 15) is 13.2 Å². The van der Waals surface area contributed by atoms with Crippen LogP contribution in [0.3, 0.4) is 0 Å². The van der Waals surface area contributed by atoms with Crippen molar-refractivity contribution in [3.05, 3.63) is 30.1 Å². The van der Waals surface area contributed by atoms with Crippen molar-refractivity contribution in [3.63, 3.8) is 0 Å². The first-order chi connectivity index (χ1) is 14.2. The van der Waals surface area contributed by atoms with Crippen LogP contribution in [0.5, 0.6) is 0 Å². The van der Waals surface area contributed by atoms with E-state index in [2.05, 4.69) is 23.6 Å². The molecule has 2 aliphatic rings. The first kappa shape index (κ1) is 23.2. The van der Waals surface area contributed by atoms with Gasteiger partial charge in [0.05, 0.1) is 25.0 Å². The molecule has 0 radical (unpaired) electrons. The minimum absolute atomic E-state index is 0.102. The second kappa shape index (κ2) is 10.2. The molecule has 1 aromatic heterocycles. The molecule has 0 spiro atoms. The first-order valence-corrected chi connectivity index (χ1v) is 12.9. The highest BCUT2D eigenvalue weighted by molar-refractivity contribution is 7.88. The highest BCUT2D eigenvalue weighted by atomic mass is 32.2. The van der Waals surface area contributed by atoms with Gasteiger partial charge < -0.3 is 9.64 Å². The van der Waals surface area contributed by atoms with Crippen LogP contribution in [0.25, 0.3) is 0 Å². The van der Waals surface area contributed by atoms with E-state index in [1.807, 2.05) is 0 Å². The molecule has 0 aromatic carbocycles. The maximum Gasteiger partial charge on any atom is 0.254 e. The molecule has 1 aliphatic carbocycles. The van der Waals surface area contributed by atoms with Crippen LogP contribution in [0, 0.1) is 11.8 Å². The number of nitrogens with one attached hydrogen (secondary N) is 1. The number of aromatic nitrogens is 1. The normalized spacial score (nSPS) is 27.9. The van der Waals surface area contributed by atoms with Gasteiger partial charge in [-0.25, -0.2) is 13.1 Å². The van der Waals surface area contributed by atoms with Gasteiger partial charge in [0.25, 0.3) is 5.91 Å². The van der Waals surface area contributed by atoms with Crippen LogP contribution in [0.2, 0.25) is 0 Å². The van der Waals surface area contributed by atoms with Crippen LogP contribution >= 0.6 is 0 Å². The molecule has 1 saturated carbocycles. The lowest BCUT2D eigenvalue weighted by Crippen LogP contribution is -2.59. The fourth-order valence-electron chi connectivity index (χ4n) is 4.74. The van der Waals surface area contributed by atoms with Crippen LogP contribution < -0.4 is 4.72 Å². The van der Waals surface area contributed by atoms with Gasteiger partial charge in [-0.1, -0.05) is 13.8 Å². The molecular weight excluding hydrogens is 402 g/mol. The molecule has 0 unspecified atom stereocenters. The van der Waals surface area contributed by atoms with Gasteiger partial charge in [-0.2, -0.15) is 0 Å². The Hall–Kier alpha value is -1.51. The molecule has 2 atom stereocenters. The fraction of sp³-hybridized carbons (Fsp3) is 0.727. The quantitative estimate of drug-likeness (QED) is 0.709. The standard InChI is InChI=1S/C22H35N3O4S/c1-16(2)17-6-8-19(9-7-17)29-15-21-20(24-30(3,27)28)5-4-14-25(21)22(26)18-10-12-23-13-11-18/h10-13,16-17,19-21,24H,4-9,14-15H2,1-3H3/t17?,19?,20-,21-/m0/s1. The van der Waals surface area contributed by atoms with E-state index in [1.165, 1.54) is 6.26 Å². The maximum atomic E-state index is 13.2. The van der Waals surface area contributed by atoms with E-state index in [0.29, 0.717) is 31.1 Å². The zero-order valence-corrected chi connectivity index (χ0v) is 19.1. The number of carbonyl (C=O) groups excluding carboxylic acids is 1. The summed E-state index contributed by atoms with van der Waals surface area (Å²) in [6.45, 7) is 5.49. The van der Waals surface area contributed by atoms with Gasteiger partial charge in [-0.15, -0.1) is 0 Å². The number of likely N-dealkylation sites (tertiary alicyclic amines) is 1. The van der Waals surface area contributed by atoms with Crippen LogP contribution in [0.4, 0.5) is 0 Å². The monoisotopic (exact) mass is 437 g/mol. The lowest BCUT2D eigenvalue weighted by atomic mass is 9.80. The van der Waals surface area contributed by atoms with Crippen LogP contribution in [0.15, 0.2) is 24.5 Å². The molecule has 8 heteroatoms. The van der Waals surface area contributed by atoms with E-state index in [1.54, 1.807) is 29.4 Å². The van der Waals surface area contributed by atoms with Crippen molar-refractivity contribution in [1.82, 2.24) is 14.6 Å². The number of amides is 1. The molecule has 1 aliphatic heterocycles. The van der Waals surface area contributed by atoms with Crippen molar-refractivity contribution in [2.75, 3.05) is 19.4 Å². The highest BCUT2D eigenvalue weighted by Crippen LogP contribution is 2.32. The Bertz CT molecular complexity index is 792. The van der Waals surface area contributed by atoms with Crippen molar-refractivity contribution >= 4 is 15.9 Å². The Balaban J connectivity index is 1.70. The summed E-state index contributed by atoms with van der Waals surface area (Å²) in [4.78, 5) is 18.9. The Morgan fingerprint density at radius 1 is 1.20 bits per heavy atom. The van der Waals surface area contributed by atoms with E-state index in [0.717, 1.165) is 38.0 Å². The smallest absolute Gasteiger partial charge is 0.254 e. The highest BCUT2D eigenvalue weighted by Gasteiger charge is 2.37. The lowest BCUT2D eigenvalue weighted by Gasteiger charge is -2.42. The van der Waals surface area contributed by atoms with Crippen LogP contribution in [0.1, 0.15) is 62.7 Å². The number of sulfonamides is 1. The topological polar surface area (TPSA) is 88.6 Å². The van der Waals surface area contributed by atoms with Crippen molar-refractivity contribution in [3.8, 4) is 0 Å². The molecule has 0 bridgehead atoms. The average Bonchev–Trinajstić information content (AvgIpc) is 2.72. The third kappa shape index (κ3) is 6.25. The molecule has 7 nitrogen and oxygen atoms in total. The largest absolute Gasteiger partial charge is 0.376 e. The van der Waals surface area contributed by atoms with Crippen molar-refractivity contribution in [2.45, 2.75) is 70.6 Å². The van der Waals surface area contributed by atoms with Crippen LogP contribution in [-0.2, 0) is 14.8 Å².